The maximum Gasteiger partial charge on any atom is 0.306 e. The van der Waals surface area contributed by atoms with Gasteiger partial charge in [-0.15, -0.1) is 0 Å². The summed E-state index contributed by atoms with van der Waals surface area (Å²) < 4.78 is 10.6. The Labute approximate surface area is 148 Å². The first-order valence-electron chi connectivity index (χ1n) is 9.99. The number of esters is 2. The van der Waals surface area contributed by atoms with Crippen molar-refractivity contribution in [3.05, 3.63) is 0 Å². The van der Waals surface area contributed by atoms with Gasteiger partial charge in [0, 0.05) is 12.8 Å². The van der Waals surface area contributed by atoms with E-state index in [4.69, 9.17) is 9.47 Å². The van der Waals surface area contributed by atoms with Gasteiger partial charge in [0.05, 0.1) is 6.61 Å². The third-order valence-corrected chi connectivity index (χ3v) is 4.11. The molecule has 0 aliphatic carbocycles. The highest BCUT2D eigenvalue weighted by molar-refractivity contribution is 5.69. The zero-order chi connectivity index (χ0) is 18.0. The molecule has 0 aliphatic rings. The summed E-state index contributed by atoms with van der Waals surface area (Å²) in [6, 6.07) is 0. The van der Waals surface area contributed by atoms with Crippen LogP contribution in [0, 0.1) is 0 Å². The molecule has 4 nitrogen and oxygen atoms in total. The maximum absolute atomic E-state index is 11.8. The second-order valence-corrected chi connectivity index (χ2v) is 6.50. The first kappa shape index (κ1) is 22.9. The molecule has 0 radical (unpaired) electrons. The van der Waals surface area contributed by atoms with Crippen LogP contribution in [-0.2, 0) is 19.1 Å². The highest BCUT2D eigenvalue weighted by Gasteiger charge is 2.11. The summed E-state index contributed by atoms with van der Waals surface area (Å²) in [5.41, 5.74) is 0. The predicted octanol–water partition coefficient (Wildman–Crippen LogP) is 5.57. The van der Waals surface area contributed by atoms with Gasteiger partial charge in [0.2, 0.25) is 0 Å². The lowest BCUT2D eigenvalue weighted by atomic mass is 10.1. The summed E-state index contributed by atoms with van der Waals surface area (Å²) in [7, 11) is 0. The summed E-state index contributed by atoms with van der Waals surface area (Å²) in [4.78, 5) is 23.1. The standard InChI is InChI=1S/C20H38O4/c1-4-7-14-18(6-3)24-20(22)16-13-11-9-8-10-12-15-19(21)23-17-5-2/h18H,4-17H2,1-3H3. The molecule has 142 valence electrons. The molecule has 0 amide bonds. The average Bonchev–Trinajstić information content (AvgIpc) is 2.58. The molecule has 1 atom stereocenters. The Morgan fingerprint density at radius 3 is 1.88 bits per heavy atom. The van der Waals surface area contributed by atoms with Crippen LogP contribution in [0.1, 0.15) is 104 Å². The molecule has 0 aromatic heterocycles. The van der Waals surface area contributed by atoms with Gasteiger partial charge < -0.3 is 9.47 Å². The smallest absolute Gasteiger partial charge is 0.306 e. The van der Waals surface area contributed by atoms with Crippen LogP contribution in [0.2, 0.25) is 0 Å². The average molecular weight is 343 g/mol. The molecule has 24 heavy (non-hydrogen) atoms. The van der Waals surface area contributed by atoms with E-state index in [1.807, 2.05) is 6.92 Å². The van der Waals surface area contributed by atoms with Crippen molar-refractivity contribution in [3.63, 3.8) is 0 Å². The van der Waals surface area contributed by atoms with E-state index in [9.17, 15) is 9.59 Å². The molecule has 0 heterocycles. The van der Waals surface area contributed by atoms with Gasteiger partial charge in [0.25, 0.3) is 0 Å². The van der Waals surface area contributed by atoms with E-state index >= 15 is 0 Å². The lowest BCUT2D eigenvalue weighted by Gasteiger charge is -2.15. The van der Waals surface area contributed by atoms with Crippen LogP contribution in [0.15, 0.2) is 0 Å². The SMILES string of the molecule is CCCCC(CC)OC(=O)CCCCCCCCC(=O)OCCC. The second-order valence-electron chi connectivity index (χ2n) is 6.50. The van der Waals surface area contributed by atoms with Crippen LogP contribution in [0.5, 0.6) is 0 Å². The van der Waals surface area contributed by atoms with Gasteiger partial charge >= 0.3 is 11.9 Å². The van der Waals surface area contributed by atoms with Crippen molar-refractivity contribution in [2.45, 2.75) is 110 Å². The third kappa shape index (κ3) is 14.5. The van der Waals surface area contributed by atoms with Gasteiger partial charge in [-0.05, 0) is 32.1 Å². The van der Waals surface area contributed by atoms with Gasteiger partial charge in [0.15, 0.2) is 0 Å². The number of ether oxygens (including phenoxy) is 2. The largest absolute Gasteiger partial charge is 0.466 e. The Morgan fingerprint density at radius 1 is 0.750 bits per heavy atom. The van der Waals surface area contributed by atoms with Crippen LogP contribution in [-0.4, -0.2) is 24.6 Å². The van der Waals surface area contributed by atoms with Crippen molar-refractivity contribution < 1.29 is 19.1 Å². The van der Waals surface area contributed by atoms with Crippen LogP contribution in [0.4, 0.5) is 0 Å². The van der Waals surface area contributed by atoms with Gasteiger partial charge in [-0.2, -0.15) is 0 Å². The Morgan fingerprint density at radius 2 is 1.33 bits per heavy atom. The minimum atomic E-state index is -0.0758. The summed E-state index contributed by atoms with van der Waals surface area (Å²) in [6.45, 7) is 6.76. The van der Waals surface area contributed by atoms with E-state index in [1.54, 1.807) is 0 Å². The van der Waals surface area contributed by atoms with E-state index in [1.165, 1.54) is 0 Å². The Balaban J connectivity index is 3.45. The highest BCUT2D eigenvalue weighted by atomic mass is 16.5. The van der Waals surface area contributed by atoms with Crippen LogP contribution >= 0.6 is 0 Å². The quantitative estimate of drug-likeness (QED) is 0.272. The molecule has 0 bridgehead atoms. The molecule has 0 fully saturated rings. The fourth-order valence-corrected chi connectivity index (χ4v) is 2.56. The molecule has 1 unspecified atom stereocenters. The number of rotatable bonds is 16. The normalized spacial score (nSPS) is 12.0. The van der Waals surface area contributed by atoms with Crippen LogP contribution in [0.3, 0.4) is 0 Å². The number of hydrogen-bond donors (Lipinski definition) is 0. The molecule has 4 heteroatoms. The minimum absolute atomic E-state index is 0.0448. The maximum atomic E-state index is 11.8. The summed E-state index contributed by atoms with van der Waals surface area (Å²) in [5.74, 6) is -0.121. The molecule has 0 saturated heterocycles. The van der Waals surface area contributed by atoms with Gasteiger partial charge in [-0.1, -0.05) is 59.3 Å². The number of hydrogen-bond acceptors (Lipinski definition) is 4. The van der Waals surface area contributed by atoms with Crippen molar-refractivity contribution in [2.24, 2.45) is 0 Å². The predicted molar refractivity (Wildman–Crippen MR) is 97.9 cm³/mol. The lowest BCUT2D eigenvalue weighted by Crippen LogP contribution is -2.17. The van der Waals surface area contributed by atoms with E-state index in [0.29, 0.717) is 19.4 Å². The zero-order valence-electron chi connectivity index (χ0n) is 16.1. The van der Waals surface area contributed by atoms with Crippen LogP contribution < -0.4 is 0 Å². The van der Waals surface area contributed by atoms with Gasteiger partial charge in [-0.3, -0.25) is 9.59 Å². The molecule has 0 N–H and O–H groups in total. The summed E-state index contributed by atoms with van der Waals surface area (Å²) in [6.07, 6.45) is 12.4. The van der Waals surface area contributed by atoms with E-state index < -0.39 is 0 Å². The molecule has 0 spiro atoms. The molecular formula is C20H38O4. The molecule has 0 aliphatic heterocycles. The first-order chi connectivity index (χ1) is 11.6. The monoisotopic (exact) mass is 342 g/mol. The number of carbonyl (C=O) groups is 2. The Bertz CT molecular complexity index is 315. The number of unbranched alkanes of at least 4 members (excludes halogenated alkanes) is 6. The van der Waals surface area contributed by atoms with Crippen LogP contribution in [0.25, 0.3) is 0 Å². The van der Waals surface area contributed by atoms with Crippen molar-refractivity contribution in [3.8, 4) is 0 Å². The number of carbonyl (C=O) groups excluding carboxylic acids is 2. The molecular weight excluding hydrogens is 304 g/mol. The fourth-order valence-electron chi connectivity index (χ4n) is 2.56. The van der Waals surface area contributed by atoms with Crippen molar-refractivity contribution >= 4 is 11.9 Å². The van der Waals surface area contributed by atoms with E-state index in [0.717, 1.165) is 70.6 Å². The molecule has 0 aromatic carbocycles. The Kier molecular flexibility index (Phi) is 16.0. The molecule has 0 saturated carbocycles. The van der Waals surface area contributed by atoms with Crippen molar-refractivity contribution in [1.29, 1.82) is 0 Å². The van der Waals surface area contributed by atoms with Gasteiger partial charge in [-0.25, -0.2) is 0 Å². The van der Waals surface area contributed by atoms with E-state index in [2.05, 4.69) is 13.8 Å². The lowest BCUT2D eigenvalue weighted by molar-refractivity contribution is -0.149. The van der Waals surface area contributed by atoms with Crippen molar-refractivity contribution in [2.75, 3.05) is 6.61 Å². The minimum Gasteiger partial charge on any atom is -0.466 e. The zero-order valence-corrected chi connectivity index (χ0v) is 16.1. The fraction of sp³-hybridized carbons (Fsp3) is 0.900. The summed E-state index contributed by atoms with van der Waals surface area (Å²) >= 11 is 0. The topological polar surface area (TPSA) is 52.6 Å². The highest BCUT2D eigenvalue weighted by Crippen LogP contribution is 2.13. The van der Waals surface area contributed by atoms with Crippen molar-refractivity contribution in [1.82, 2.24) is 0 Å². The molecule has 0 rings (SSSR count). The molecule has 0 aromatic rings. The Hall–Kier alpha value is -1.06. The first-order valence-corrected chi connectivity index (χ1v) is 9.99. The second kappa shape index (κ2) is 16.8. The van der Waals surface area contributed by atoms with Gasteiger partial charge in [0.1, 0.15) is 6.10 Å². The third-order valence-electron chi connectivity index (χ3n) is 4.11. The van der Waals surface area contributed by atoms with E-state index in [-0.39, 0.29) is 18.0 Å². The summed E-state index contributed by atoms with van der Waals surface area (Å²) in [5, 5.41) is 0.